The van der Waals surface area contributed by atoms with Crippen LogP contribution in [0.1, 0.15) is 0 Å². The molecule has 0 radical (unpaired) electrons. The van der Waals surface area contributed by atoms with Gasteiger partial charge in [0, 0.05) is 55.7 Å². The molecule has 0 atom stereocenters. The summed E-state index contributed by atoms with van der Waals surface area (Å²) in [6, 6.07) is 16.3. The summed E-state index contributed by atoms with van der Waals surface area (Å²) in [5, 5.41) is 3.30. The molecule has 1 fully saturated rings. The fourth-order valence-electron chi connectivity index (χ4n) is 4.19. The number of nitrogens with zero attached hydrogens (tertiary/aromatic N) is 7. The van der Waals surface area contributed by atoms with Crippen molar-refractivity contribution >= 4 is 33.2 Å². The molecule has 0 aliphatic carbocycles. The molecule has 1 aliphatic heterocycles. The van der Waals surface area contributed by atoms with Crippen LogP contribution in [0.15, 0.2) is 78.7 Å². The number of hydrogen-bond donors (Lipinski definition) is 0. The molecule has 4 aromatic heterocycles. The van der Waals surface area contributed by atoms with Crippen LogP contribution in [0.3, 0.4) is 0 Å². The topological polar surface area (TPSA) is 70.9 Å². The van der Waals surface area contributed by atoms with E-state index in [1.165, 1.54) is 11.1 Å². The second-order valence-electron chi connectivity index (χ2n) is 7.82. The Bertz CT molecular complexity index is 1370. The quantitative estimate of drug-likeness (QED) is 0.397. The van der Waals surface area contributed by atoms with E-state index in [2.05, 4.69) is 54.4 Å². The molecule has 8 heteroatoms. The zero-order valence-corrected chi connectivity index (χ0v) is 18.7. The molecule has 0 N–H and O–H groups in total. The lowest BCUT2D eigenvalue weighted by Gasteiger charge is -2.36. The van der Waals surface area contributed by atoms with Crippen molar-refractivity contribution in [3.63, 3.8) is 0 Å². The molecule has 0 saturated carbocycles. The standard InChI is InChI=1S/C25H21N7S/c1-2-6-18(7-3-1)19-17-33-25-22(19)24(29-23(30-25)20-8-4-5-9-27-20)32-14-12-31(13-15-32)21-16-26-10-11-28-21/h1-11,16-17H,12-15H2. The van der Waals surface area contributed by atoms with Crippen LogP contribution >= 0.6 is 11.3 Å². The second-order valence-corrected chi connectivity index (χ2v) is 8.68. The lowest BCUT2D eigenvalue weighted by Crippen LogP contribution is -2.47. The molecule has 0 amide bonds. The van der Waals surface area contributed by atoms with Gasteiger partial charge in [-0.1, -0.05) is 36.4 Å². The number of anilines is 2. The van der Waals surface area contributed by atoms with Gasteiger partial charge < -0.3 is 9.80 Å². The molecule has 0 spiro atoms. The van der Waals surface area contributed by atoms with Gasteiger partial charge in [0.1, 0.15) is 22.2 Å². The van der Waals surface area contributed by atoms with Crippen molar-refractivity contribution in [2.75, 3.05) is 36.0 Å². The van der Waals surface area contributed by atoms with E-state index in [-0.39, 0.29) is 0 Å². The Hall–Kier alpha value is -3.91. The van der Waals surface area contributed by atoms with Crippen molar-refractivity contribution in [3.8, 4) is 22.6 Å². The van der Waals surface area contributed by atoms with Crippen molar-refractivity contribution in [3.05, 3.63) is 78.7 Å². The van der Waals surface area contributed by atoms with Crippen LogP contribution < -0.4 is 9.80 Å². The number of benzene rings is 1. The smallest absolute Gasteiger partial charge is 0.181 e. The highest BCUT2D eigenvalue weighted by Gasteiger charge is 2.24. The van der Waals surface area contributed by atoms with Gasteiger partial charge in [0.15, 0.2) is 5.82 Å². The minimum Gasteiger partial charge on any atom is -0.352 e. The van der Waals surface area contributed by atoms with Gasteiger partial charge in [-0.15, -0.1) is 11.3 Å². The van der Waals surface area contributed by atoms with Crippen molar-refractivity contribution < 1.29 is 0 Å². The Labute approximate surface area is 195 Å². The number of fused-ring (bicyclic) bond motifs is 1. The van der Waals surface area contributed by atoms with Crippen LogP contribution in [0.4, 0.5) is 11.6 Å². The molecule has 162 valence electrons. The van der Waals surface area contributed by atoms with E-state index >= 15 is 0 Å². The zero-order chi connectivity index (χ0) is 22.0. The number of thiophene rings is 1. The highest BCUT2D eigenvalue weighted by molar-refractivity contribution is 7.17. The van der Waals surface area contributed by atoms with Crippen molar-refractivity contribution in [1.82, 2.24) is 24.9 Å². The zero-order valence-electron chi connectivity index (χ0n) is 17.9. The van der Waals surface area contributed by atoms with Crippen molar-refractivity contribution in [2.24, 2.45) is 0 Å². The molecule has 1 aliphatic rings. The molecule has 5 aromatic rings. The Morgan fingerprint density at radius 3 is 2.33 bits per heavy atom. The molecule has 5 heterocycles. The van der Waals surface area contributed by atoms with Gasteiger partial charge >= 0.3 is 0 Å². The van der Waals surface area contributed by atoms with Gasteiger partial charge in [0.2, 0.25) is 0 Å². The number of hydrogen-bond acceptors (Lipinski definition) is 8. The minimum absolute atomic E-state index is 0.663. The maximum atomic E-state index is 5.06. The normalized spacial score (nSPS) is 14.1. The fraction of sp³-hybridized carbons (Fsp3) is 0.160. The Morgan fingerprint density at radius 1 is 0.758 bits per heavy atom. The first-order valence-electron chi connectivity index (χ1n) is 10.9. The monoisotopic (exact) mass is 451 g/mol. The van der Waals surface area contributed by atoms with E-state index in [4.69, 9.17) is 9.97 Å². The molecule has 0 bridgehead atoms. The SMILES string of the molecule is c1ccc(-c2csc3nc(-c4ccccn4)nc(N4CCN(c5cnccn5)CC4)c23)cc1. The van der Waals surface area contributed by atoms with Gasteiger partial charge in [-0.05, 0) is 17.7 Å². The summed E-state index contributed by atoms with van der Waals surface area (Å²) in [6.07, 6.45) is 7.06. The third-order valence-corrected chi connectivity index (χ3v) is 6.72. The molecule has 0 unspecified atom stereocenters. The fourth-order valence-corrected chi connectivity index (χ4v) is 5.14. The van der Waals surface area contributed by atoms with E-state index in [1.54, 1.807) is 29.9 Å². The summed E-state index contributed by atoms with van der Waals surface area (Å²) in [4.78, 5) is 28.8. The molecular formula is C25H21N7S. The average Bonchev–Trinajstić information content (AvgIpc) is 3.34. The van der Waals surface area contributed by atoms with Crippen LogP contribution in [0.5, 0.6) is 0 Å². The maximum absolute atomic E-state index is 5.06. The van der Waals surface area contributed by atoms with Gasteiger partial charge in [-0.25, -0.2) is 15.0 Å². The highest BCUT2D eigenvalue weighted by atomic mass is 32.1. The first-order chi connectivity index (χ1) is 16.4. The highest BCUT2D eigenvalue weighted by Crippen LogP contribution is 2.39. The van der Waals surface area contributed by atoms with E-state index in [1.807, 2.05) is 30.5 Å². The number of pyridine rings is 1. The molecule has 1 aromatic carbocycles. The molecule has 1 saturated heterocycles. The predicted octanol–water partition coefficient (Wildman–Crippen LogP) is 4.54. The van der Waals surface area contributed by atoms with Gasteiger partial charge in [0.25, 0.3) is 0 Å². The number of piperazine rings is 1. The van der Waals surface area contributed by atoms with E-state index in [9.17, 15) is 0 Å². The van der Waals surface area contributed by atoms with Crippen LogP contribution in [-0.4, -0.2) is 51.1 Å². The van der Waals surface area contributed by atoms with Crippen molar-refractivity contribution in [1.29, 1.82) is 0 Å². The van der Waals surface area contributed by atoms with Crippen LogP contribution in [0, 0.1) is 0 Å². The lowest BCUT2D eigenvalue weighted by atomic mass is 10.1. The Morgan fingerprint density at radius 2 is 1.58 bits per heavy atom. The first-order valence-corrected chi connectivity index (χ1v) is 11.8. The summed E-state index contributed by atoms with van der Waals surface area (Å²) in [5.74, 6) is 2.55. The van der Waals surface area contributed by atoms with E-state index < -0.39 is 0 Å². The molecule has 33 heavy (non-hydrogen) atoms. The third kappa shape index (κ3) is 3.78. The Kier molecular flexibility index (Phi) is 5.12. The first kappa shape index (κ1) is 19.8. The van der Waals surface area contributed by atoms with Gasteiger partial charge in [0.05, 0.1) is 11.6 Å². The minimum atomic E-state index is 0.663. The summed E-state index contributed by atoms with van der Waals surface area (Å²) < 4.78 is 0. The van der Waals surface area contributed by atoms with Crippen LogP contribution in [-0.2, 0) is 0 Å². The number of aromatic nitrogens is 5. The summed E-state index contributed by atoms with van der Waals surface area (Å²) in [7, 11) is 0. The Balaban J connectivity index is 1.43. The van der Waals surface area contributed by atoms with E-state index in [0.717, 1.165) is 53.7 Å². The van der Waals surface area contributed by atoms with Crippen molar-refractivity contribution in [2.45, 2.75) is 0 Å². The maximum Gasteiger partial charge on any atom is 0.181 e. The van der Waals surface area contributed by atoms with Crippen LogP contribution in [0.25, 0.3) is 32.9 Å². The predicted molar refractivity (Wildman–Crippen MR) is 133 cm³/mol. The van der Waals surface area contributed by atoms with Crippen LogP contribution in [0.2, 0.25) is 0 Å². The largest absolute Gasteiger partial charge is 0.352 e. The summed E-state index contributed by atoms with van der Waals surface area (Å²) in [6.45, 7) is 3.39. The molecule has 6 rings (SSSR count). The third-order valence-electron chi connectivity index (χ3n) is 5.85. The summed E-state index contributed by atoms with van der Waals surface area (Å²) in [5.41, 5.74) is 3.14. The summed E-state index contributed by atoms with van der Waals surface area (Å²) >= 11 is 1.66. The molecule has 7 nitrogen and oxygen atoms in total. The van der Waals surface area contributed by atoms with Gasteiger partial charge in [-0.3, -0.25) is 9.97 Å². The average molecular weight is 452 g/mol. The second kappa shape index (κ2) is 8.55. The lowest BCUT2D eigenvalue weighted by molar-refractivity contribution is 0.642. The number of rotatable bonds is 4. The van der Waals surface area contributed by atoms with E-state index in [0.29, 0.717) is 5.82 Å². The molecular weight excluding hydrogens is 430 g/mol. The van der Waals surface area contributed by atoms with Gasteiger partial charge in [-0.2, -0.15) is 0 Å².